The first-order chi connectivity index (χ1) is 12.6. The van der Waals surface area contributed by atoms with Gasteiger partial charge in [0, 0.05) is 18.7 Å². The minimum Gasteiger partial charge on any atom is -0.326 e. The van der Waals surface area contributed by atoms with Crippen LogP contribution in [0.1, 0.15) is 35.6 Å². The lowest BCUT2D eigenvalue weighted by molar-refractivity contribution is -0.116. The van der Waals surface area contributed by atoms with Gasteiger partial charge >= 0.3 is 0 Å². The number of carbonyl (C=O) groups is 1. The number of carbonyl (C=O) groups excluding carboxylic acids is 1. The number of sulfonamides is 1. The zero-order chi connectivity index (χ0) is 20.2. The number of hydrogen-bond donors (Lipinski definition) is 1. The molecule has 0 bridgehead atoms. The number of aryl methyl sites for hydroxylation is 4. The SMILES string of the molecule is CCc1cccc(C)c1N(CCC(=O)Nc1ccc(C)cc1C)S(C)(=O)=O. The summed E-state index contributed by atoms with van der Waals surface area (Å²) in [5.41, 5.74) is 5.38. The van der Waals surface area contributed by atoms with Gasteiger partial charge in [0.15, 0.2) is 0 Å². The molecule has 0 aliphatic carbocycles. The van der Waals surface area contributed by atoms with Crippen LogP contribution in [0.15, 0.2) is 36.4 Å². The van der Waals surface area contributed by atoms with Crippen molar-refractivity contribution in [2.24, 2.45) is 0 Å². The Morgan fingerprint density at radius 1 is 1.07 bits per heavy atom. The van der Waals surface area contributed by atoms with Gasteiger partial charge in [0.05, 0.1) is 11.9 Å². The van der Waals surface area contributed by atoms with Crippen LogP contribution in [-0.2, 0) is 21.2 Å². The number of nitrogens with zero attached hydrogens (tertiary/aromatic N) is 1. The van der Waals surface area contributed by atoms with Gasteiger partial charge in [-0.15, -0.1) is 0 Å². The van der Waals surface area contributed by atoms with E-state index in [1.807, 2.05) is 64.1 Å². The van der Waals surface area contributed by atoms with Gasteiger partial charge < -0.3 is 5.32 Å². The number of para-hydroxylation sites is 1. The van der Waals surface area contributed by atoms with Crippen molar-refractivity contribution >= 4 is 27.3 Å². The molecule has 0 aliphatic heterocycles. The molecule has 146 valence electrons. The third kappa shape index (κ3) is 5.32. The van der Waals surface area contributed by atoms with Crippen LogP contribution in [0.2, 0.25) is 0 Å². The third-order valence-electron chi connectivity index (χ3n) is 4.55. The average molecular weight is 389 g/mol. The van der Waals surface area contributed by atoms with E-state index in [4.69, 9.17) is 0 Å². The number of hydrogen-bond acceptors (Lipinski definition) is 3. The van der Waals surface area contributed by atoms with Gasteiger partial charge in [-0.25, -0.2) is 8.42 Å². The lowest BCUT2D eigenvalue weighted by Gasteiger charge is -2.26. The first-order valence-electron chi connectivity index (χ1n) is 9.06. The van der Waals surface area contributed by atoms with Crippen LogP contribution < -0.4 is 9.62 Å². The highest BCUT2D eigenvalue weighted by Crippen LogP contribution is 2.28. The number of anilines is 2. The topological polar surface area (TPSA) is 66.5 Å². The maximum atomic E-state index is 12.4. The maximum absolute atomic E-state index is 12.4. The zero-order valence-corrected chi connectivity index (χ0v) is 17.5. The van der Waals surface area contributed by atoms with Crippen LogP contribution in [0.25, 0.3) is 0 Å². The second-order valence-corrected chi connectivity index (χ2v) is 8.79. The Kier molecular flexibility index (Phi) is 6.65. The normalized spacial score (nSPS) is 11.3. The fraction of sp³-hybridized carbons (Fsp3) is 0.381. The third-order valence-corrected chi connectivity index (χ3v) is 5.72. The van der Waals surface area contributed by atoms with Crippen LogP contribution in [0.3, 0.4) is 0 Å². The minimum atomic E-state index is -3.50. The Hall–Kier alpha value is -2.34. The van der Waals surface area contributed by atoms with E-state index < -0.39 is 10.0 Å². The molecule has 0 aromatic heterocycles. The molecule has 0 unspecified atom stereocenters. The van der Waals surface area contributed by atoms with Gasteiger partial charge in [0.1, 0.15) is 0 Å². The van der Waals surface area contributed by atoms with Gasteiger partial charge in [-0.3, -0.25) is 9.10 Å². The summed E-state index contributed by atoms with van der Waals surface area (Å²) in [6.07, 6.45) is 1.98. The summed E-state index contributed by atoms with van der Waals surface area (Å²) in [5.74, 6) is -0.206. The summed E-state index contributed by atoms with van der Waals surface area (Å²) < 4.78 is 26.2. The Morgan fingerprint density at radius 3 is 2.37 bits per heavy atom. The molecule has 0 saturated carbocycles. The van der Waals surface area contributed by atoms with Crippen molar-refractivity contribution in [2.45, 2.75) is 40.5 Å². The van der Waals surface area contributed by atoms with Crippen molar-refractivity contribution < 1.29 is 13.2 Å². The fourth-order valence-electron chi connectivity index (χ4n) is 3.17. The van der Waals surface area contributed by atoms with E-state index in [2.05, 4.69) is 5.32 Å². The second-order valence-electron chi connectivity index (χ2n) is 6.89. The molecule has 27 heavy (non-hydrogen) atoms. The van der Waals surface area contributed by atoms with E-state index >= 15 is 0 Å². The zero-order valence-electron chi connectivity index (χ0n) is 16.7. The van der Waals surface area contributed by atoms with Gasteiger partial charge in [0.2, 0.25) is 15.9 Å². The summed E-state index contributed by atoms with van der Waals surface area (Å²) in [4.78, 5) is 12.4. The van der Waals surface area contributed by atoms with E-state index in [0.717, 1.165) is 34.4 Å². The molecule has 2 aromatic carbocycles. The number of rotatable bonds is 7. The number of benzene rings is 2. The lowest BCUT2D eigenvalue weighted by atomic mass is 10.1. The molecule has 5 nitrogen and oxygen atoms in total. The van der Waals surface area contributed by atoms with Gasteiger partial charge in [-0.2, -0.15) is 0 Å². The average Bonchev–Trinajstić information content (AvgIpc) is 2.57. The Labute approximate surface area is 162 Å². The van der Waals surface area contributed by atoms with Gasteiger partial charge in [0.25, 0.3) is 0 Å². The number of nitrogens with one attached hydrogen (secondary N) is 1. The van der Waals surface area contributed by atoms with Gasteiger partial charge in [-0.1, -0.05) is 42.8 Å². The molecular formula is C21H28N2O3S. The Bertz CT molecular complexity index is 936. The predicted molar refractivity (Wildman–Crippen MR) is 112 cm³/mol. The number of amides is 1. The molecule has 0 spiro atoms. The Morgan fingerprint density at radius 2 is 1.78 bits per heavy atom. The summed E-state index contributed by atoms with van der Waals surface area (Å²) in [7, 11) is -3.50. The minimum absolute atomic E-state index is 0.0812. The van der Waals surface area contributed by atoms with Crippen LogP contribution >= 0.6 is 0 Å². The van der Waals surface area contributed by atoms with E-state index in [1.165, 1.54) is 10.6 Å². The summed E-state index contributed by atoms with van der Waals surface area (Å²) in [5, 5.41) is 2.88. The van der Waals surface area contributed by atoms with Gasteiger partial charge in [-0.05, 0) is 49.9 Å². The van der Waals surface area contributed by atoms with Crippen molar-refractivity contribution in [1.82, 2.24) is 0 Å². The van der Waals surface area contributed by atoms with E-state index in [-0.39, 0.29) is 18.9 Å². The highest BCUT2D eigenvalue weighted by Gasteiger charge is 2.22. The molecule has 0 aliphatic rings. The molecule has 0 fully saturated rings. The molecule has 1 N–H and O–H groups in total. The maximum Gasteiger partial charge on any atom is 0.232 e. The van der Waals surface area contributed by atoms with Crippen LogP contribution in [0, 0.1) is 20.8 Å². The van der Waals surface area contributed by atoms with Crippen molar-refractivity contribution in [3.05, 3.63) is 58.7 Å². The molecule has 0 saturated heterocycles. The standard InChI is InChI=1S/C21H28N2O3S/c1-6-18-9-7-8-16(3)21(18)23(27(5,25)26)13-12-20(24)22-19-11-10-15(2)14-17(19)4/h7-11,14H,6,12-13H2,1-5H3,(H,22,24). The molecule has 0 radical (unpaired) electrons. The van der Waals surface area contributed by atoms with Crippen LogP contribution in [0.4, 0.5) is 11.4 Å². The highest BCUT2D eigenvalue weighted by atomic mass is 32.2. The predicted octanol–water partition coefficient (Wildman–Crippen LogP) is 3.97. The lowest BCUT2D eigenvalue weighted by Crippen LogP contribution is -2.34. The first kappa shape index (κ1) is 21.0. The van der Waals surface area contributed by atoms with Crippen LogP contribution in [-0.4, -0.2) is 27.1 Å². The second kappa shape index (κ2) is 8.57. The van der Waals surface area contributed by atoms with E-state index in [9.17, 15) is 13.2 Å². The molecule has 1 amide bonds. The van der Waals surface area contributed by atoms with E-state index in [1.54, 1.807) is 0 Å². The molecular weight excluding hydrogens is 360 g/mol. The molecule has 6 heteroatoms. The Balaban J connectivity index is 2.20. The van der Waals surface area contributed by atoms with Crippen molar-refractivity contribution in [1.29, 1.82) is 0 Å². The molecule has 0 atom stereocenters. The van der Waals surface area contributed by atoms with Crippen molar-refractivity contribution in [3.63, 3.8) is 0 Å². The first-order valence-corrected chi connectivity index (χ1v) is 10.9. The summed E-state index contributed by atoms with van der Waals surface area (Å²) in [6, 6.07) is 11.5. The summed E-state index contributed by atoms with van der Waals surface area (Å²) in [6.45, 7) is 7.92. The quantitative estimate of drug-likeness (QED) is 0.780. The monoisotopic (exact) mass is 388 g/mol. The van der Waals surface area contributed by atoms with Crippen LogP contribution in [0.5, 0.6) is 0 Å². The fourth-order valence-corrected chi connectivity index (χ4v) is 4.19. The molecule has 2 rings (SSSR count). The smallest absolute Gasteiger partial charge is 0.232 e. The van der Waals surface area contributed by atoms with E-state index in [0.29, 0.717) is 5.69 Å². The van der Waals surface area contributed by atoms with Crippen molar-refractivity contribution in [2.75, 3.05) is 22.4 Å². The molecule has 2 aromatic rings. The summed E-state index contributed by atoms with van der Waals surface area (Å²) >= 11 is 0. The highest BCUT2D eigenvalue weighted by molar-refractivity contribution is 7.92. The molecule has 0 heterocycles. The largest absolute Gasteiger partial charge is 0.326 e. The van der Waals surface area contributed by atoms with Crippen molar-refractivity contribution in [3.8, 4) is 0 Å².